The zero-order valence-corrected chi connectivity index (χ0v) is 12.6. The van der Waals surface area contributed by atoms with Crippen LogP contribution in [0, 0.1) is 11.3 Å². The number of rotatable bonds is 4. The third-order valence-corrected chi connectivity index (χ3v) is 3.65. The van der Waals surface area contributed by atoms with Crippen molar-refractivity contribution in [1.29, 1.82) is 5.26 Å². The minimum absolute atomic E-state index is 0.135. The van der Waals surface area contributed by atoms with Crippen molar-refractivity contribution in [3.63, 3.8) is 0 Å². The average molecular weight is 287 g/mol. The summed E-state index contributed by atoms with van der Waals surface area (Å²) >= 11 is 0. The molecule has 1 aliphatic heterocycles. The van der Waals surface area contributed by atoms with Gasteiger partial charge in [0.05, 0.1) is 5.56 Å². The van der Waals surface area contributed by atoms with Gasteiger partial charge < -0.3 is 10.2 Å². The summed E-state index contributed by atoms with van der Waals surface area (Å²) in [6.45, 7) is 8.40. The van der Waals surface area contributed by atoms with Crippen molar-refractivity contribution in [3.8, 4) is 6.07 Å². The van der Waals surface area contributed by atoms with E-state index in [4.69, 9.17) is 5.26 Å². The van der Waals surface area contributed by atoms with Crippen molar-refractivity contribution < 1.29 is 4.79 Å². The number of anilines is 1. The van der Waals surface area contributed by atoms with E-state index < -0.39 is 0 Å². The fourth-order valence-corrected chi connectivity index (χ4v) is 2.48. The first-order valence-electron chi connectivity index (χ1n) is 7.24. The maximum atomic E-state index is 11.3. The molecule has 6 nitrogen and oxygen atoms in total. The van der Waals surface area contributed by atoms with Gasteiger partial charge in [0.1, 0.15) is 11.9 Å². The van der Waals surface area contributed by atoms with Crippen LogP contribution in [0.25, 0.3) is 0 Å². The van der Waals surface area contributed by atoms with E-state index in [0.29, 0.717) is 5.56 Å². The van der Waals surface area contributed by atoms with Gasteiger partial charge in [0.2, 0.25) is 5.91 Å². The molecule has 1 saturated heterocycles. The summed E-state index contributed by atoms with van der Waals surface area (Å²) in [5.41, 5.74) is 1.61. The number of carbonyl (C=O) groups is 1. The molecule has 6 heteroatoms. The second-order valence-corrected chi connectivity index (χ2v) is 5.16. The standard InChI is InChI=1S/C15H21N5O/c1-3-17-15-14(8-13(9-16)10-18-15)11-19-4-6-20(7-5-19)12(2)21/h8,10H,3-7,11H2,1-2H3,(H,17,18). The molecule has 0 bridgehead atoms. The zero-order chi connectivity index (χ0) is 15.2. The van der Waals surface area contributed by atoms with E-state index in [1.54, 1.807) is 13.1 Å². The molecule has 1 aromatic heterocycles. The van der Waals surface area contributed by atoms with Gasteiger partial charge in [-0.2, -0.15) is 5.26 Å². The number of piperazine rings is 1. The zero-order valence-electron chi connectivity index (χ0n) is 12.6. The van der Waals surface area contributed by atoms with Crippen molar-refractivity contribution in [2.75, 3.05) is 38.0 Å². The molecular formula is C15H21N5O. The van der Waals surface area contributed by atoms with E-state index in [9.17, 15) is 4.79 Å². The Kier molecular flexibility index (Phi) is 5.12. The third-order valence-electron chi connectivity index (χ3n) is 3.65. The number of aromatic nitrogens is 1. The Balaban J connectivity index is 2.05. The van der Waals surface area contributed by atoms with Gasteiger partial charge in [0.15, 0.2) is 0 Å². The Hall–Kier alpha value is -2.13. The van der Waals surface area contributed by atoms with Gasteiger partial charge in [-0.25, -0.2) is 4.98 Å². The lowest BCUT2D eigenvalue weighted by Crippen LogP contribution is -2.47. The Bertz CT molecular complexity index is 543. The summed E-state index contributed by atoms with van der Waals surface area (Å²) in [5.74, 6) is 0.974. The fraction of sp³-hybridized carbons (Fsp3) is 0.533. The summed E-state index contributed by atoms with van der Waals surface area (Å²) in [5, 5.41) is 12.2. The van der Waals surface area contributed by atoms with Crippen LogP contribution in [-0.4, -0.2) is 53.4 Å². The number of nitrogens with zero attached hydrogens (tertiary/aromatic N) is 4. The molecule has 1 fully saturated rings. The smallest absolute Gasteiger partial charge is 0.219 e. The van der Waals surface area contributed by atoms with Gasteiger partial charge in [-0.1, -0.05) is 0 Å². The maximum Gasteiger partial charge on any atom is 0.219 e. The summed E-state index contributed by atoms with van der Waals surface area (Å²) in [6.07, 6.45) is 1.59. The van der Waals surface area contributed by atoms with Crippen LogP contribution < -0.4 is 5.32 Å². The van der Waals surface area contributed by atoms with E-state index in [1.807, 2.05) is 17.9 Å². The molecule has 0 aromatic carbocycles. The first-order valence-corrected chi connectivity index (χ1v) is 7.24. The van der Waals surface area contributed by atoms with Crippen molar-refractivity contribution in [3.05, 3.63) is 23.4 Å². The summed E-state index contributed by atoms with van der Waals surface area (Å²) in [4.78, 5) is 19.8. The van der Waals surface area contributed by atoms with E-state index in [2.05, 4.69) is 21.3 Å². The van der Waals surface area contributed by atoms with Gasteiger partial charge in [0, 0.05) is 58.0 Å². The van der Waals surface area contributed by atoms with Gasteiger partial charge in [-0.3, -0.25) is 9.69 Å². The monoisotopic (exact) mass is 287 g/mol. The predicted octanol–water partition coefficient (Wildman–Crippen LogP) is 1.05. The number of pyridine rings is 1. The molecule has 0 radical (unpaired) electrons. The molecular weight excluding hydrogens is 266 g/mol. The molecule has 1 aliphatic rings. The van der Waals surface area contributed by atoms with Gasteiger partial charge in [-0.05, 0) is 13.0 Å². The summed E-state index contributed by atoms with van der Waals surface area (Å²) < 4.78 is 0. The lowest BCUT2D eigenvalue weighted by Gasteiger charge is -2.34. The van der Waals surface area contributed by atoms with E-state index in [0.717, 1.165) is 50.6 Å². The minimum Gasteiger partial charge on any atom is -0.370 e. The van der Waals surface area contributed by atoms with Crippen LogP contribution in [0.2, 0.25) is 0 Å². The highest BCUT2D eigenvalue weighted by Crippen LogP contribution is 2.17. The molecule has 2 heterocycles. The van der Waals surface area contributed by atoms with Crippen molar-refractivity contribution in [2.45, 2.75) is 20.4 Å². The summed E-state index contributed by atoms with van der Waals surface area (Å²) in [7, 11) is 0. The molecule has 0 aliphatic carbocycles. The van der Waals surface area contributed by atoms with E-state index in [-0.39, 0.29) is 5.91 Å². The van der Waals surface area contributed by atoms with Crippen LogP contribution in [0.15, 0.2) is 12.3 Å². The second kappa shape index (κ2) is 7.04. The van der Waals surface area contributed by atoms with Crippen LogP contribution in [0.5, 0.6) is 0 Å². The van der Waals surface area contributed by atoms with Crippen LogP contribution >= 0.6 is 0 Å². The molecule has 1 aromatic rings. The highest BCUT2D eigenvalue weighted by atomic mass is 16.2. The lowest BCUT2D eigenvalue weighted by molar-refractivity contribution is -0.130. The quantitative estimate of drug-likeness (QED) is 0.896. The van der Waals surface area contributed by atoms with Crippen LogP contribution in [0.1, 0.15) is 25.0 Å². The van der Waals surface area contributed by atoms with Gasteiger partial charge >= 0.3 is 0 Å². The number of hydrogen-bond donors (Lipinski definition) is 1. The molecule has 0 unspecified atom stereocenters. The second-order valence-electron chi connectivity index (χ2n) is 5.16. The first kappa shape index (κ1) is 15.3. The summed E-state index contributed by atoms with van der Waals surface area (Å²) in [6, 6.07) is 4.03. The van der Waals surface area contributed by atoms with E-state index >= 15 is 0 Å². The van der Waals surface area contributed by atoms with Crippen molar-refractivity contribution in [1.82, 2.24) is 14.8 Å². The molecule has 112 valence electrons. The normalized spacial score (nSPS) is 15.6. The molecule has 1 amide bonds. The third kappa shape index (κ3) is 3.92. The molecule has 1 N–H and O–H groups in total. The minimum atomic E-state index is 0.135. The van der Waals surface area contributed by atoms with Crippen LogP contribution in [-0.2, 0) is 11.3 Å². The largest absolute Gasteiger partial charge is 0.370 e. The number of nitriles is 1. The Morgan fingerprint density at radius 3 is 2.71 bits per heavy atom. The molecule has 0 atom stereocenters. The predicted molar refractivity (Wildman–Crippen MR) is 80.6 cm³/mol. The lowest BCUT2D eigenvalue weighted by atomic mass is 10.1. The van der Waals surface area contributed by atoms with Crippen LogP contribution in [0.3, 0.4) is 0 Å². The number of nitrogens with one attached hydrogen (secondary N) is 1. The molecule has 0 saturated carbocycles. The molecule has 21 heavy (non-hydrogen) atoms. The Morgan fingerprint density at radius 2 is 2.14 bits per heavy atom. The van der Waals surface area contributed by atoms with Crippen LogP contribution in [0.4, 0.5) is 5.82 Å². The fourth-order valence-electron chi connectivity index (χ4n) is 2.48. The molecule has 0 spiro atoms. The van der Waals surface area contributed by atoms with Gasteiger partial charge in [0.25, 0.3) is 0 Å². The average Bonchev–Trinajstić information content (AvgIpc) is 2.49. The van der Waals surface area contributed by atoms with Crippen molar-refractivity contribution in [2.24, 2.45) is 0 Å². The number of hydrogen-bond acceptors (Lipinski definition) is 5. The number of amides is 1. The van der Waals surface area contributed by atoms with Gasteiger partial charge in [-0.15, -0.1) is 0 Å². The highest BCUT2D eigenvalue weighted by Gasteiger charge is 2.19. The Morgan fingerprint density at radius 1 is 1.43 bits per heavy atom. The van der Waals surface area contributed by atoms with Crippen molar-refractivity contribution >= 4 is 11.7 Å². The van der Waals surface area contributed by atoms with E-state index in [1.165, 1.54) is 0 Å². The first-order chi connectivity index (χ1) is 10.1. The topological polar surface area (TPSA) is 72.3 Å². The highest BCUT2D eigenvalue weighted by molar-refractivity contribution is 5.73. The SMILES string of the molecule is CCNc1ncc(C#N)cc1CN1CCN(C(C)=O)CC1. The number of carbonyl (C=O) groups excluding carboxylic acids is 1. The Labute approximate surface area is 125 Å². The molecule has 2 rings (SSSR count). The maximum absolute atomic E-state index is 11.3.